The minimum absolute atomic E-state index is 0.418. The average molecular weight is 769 g/mol. The van der Waals surface area contributed by atoms with E-state index in [1.807, 2.05) is 0 Å². The summed E-state index contributed by atoms with van der Waals surface area (Å²) in [5.41, 5.74) is 0. The molecule has 5 fully saturated rings. The molecule has 304 valence electrons. The van der Waals surface area contributed by atoms with Gasteiger partial charge in [-0.15, -0.1) is 0 Å². The summed E-state index contributed by atoms with van der Waals surface area (Å²) in [6, 6.07) is 0. The highest BCUT2D eigenvalue weighted by atomic mass is 16.8. The lowest BCUT2D eigenvalue weighted by molar-refractivity contribution is -0.383. The molecule has 52 heavy (non-hydrogen) atoms. The molecule has 0 amide bonds. The Morgan fingerprint density at radius 2 is 0.827 bits per heavy atom. The molecule has 0 radical (unpaired) electrons. The molecular formula is C28H48O24. The van der Waals surface area contributed by atoms with E-state index < -0.39 is 174 Å². The van der Waals surface area contributed by atoms with Gasteiger partial charge in [-0.05, 0) is 0 Å². The number of ether oxygens (including phenoxy) is 9. The standard InChI is InChI=1S/C28H48O24/c29-1-8-22(15(36)17(38)24(43)48-8)51-28-21(42)16(37)23(10(50-28)5-47-26-19(40)12(33)7(31)3-45-26)52-27-20(41)14(35)13(34)9(49-27)4-46-25-18(39)11(32)6(30)2-44-25/h6-43H,1-5H2. The Balaban J connectivity index is 1.32. The molecule has 23 atom stereocenters. The van der Waals surface area contributed by atoms with Gasteiger partial charge in [0.2, 0.25) is 0 Å². The van der Waals surface area contributed by atoms with Crippen molar-refractivity contribution in [3.05, 3.63) is 0 Å². The summed E-state index contributed by atoms with van der Waals surface area (Å²) in [7, 11) is 0. The van der Waals surface area contributed by atoms with Crippen LogP contribution >= 0.6 is 0 Å². The van der Waals surface area contributed by atoms with Gasteiger partial charge in [0.15, 0.2) is 31.5 Å². The Kier molecular flexibility index (Phi) is 14.5. The molecular weight excluding hydrogens is 720 g/mol. The van der Waals surface area contributed by atoms with Gasteiger partial charge in [0.1, 0.15) is 110 Å². The van der Waals surface area contributed by atoms with Crippen LogP contribution in [0.15, 0.2) is 0 Å². The first-order valence-corrected chi connectivity index (χ1v) is 16.4. The van der Waals surface area contributed by atoms with Crippen molar-refractivity contribution in [2.45, 2.75) is 141 Å². The van der Waals surface area contributed by atoms with Crippen molar-refractivity contribution in [1.29, 1.82) is 0 Å². The van der Waals surface area contributed by atoms with E-state index in [1.165, 1.54) is 0 Å². The first-order chi connectivity index (χ1) is 24.5. The molecule has 15 N–H and O–H groups in total. The third-order valence-corrected chi connectivity index (χ3v) is 9.49. The van der Waals surface area contributed by atoms with Gasteiger partial charge in [-0.2, -0.15) is 0 Å². The van der Waals surface area contributed by atoms with Crippen molar-refractivity contribution >= 4 is 0 Å². The molecule has 0 aromatic rings. The zero-order chi connectivity index (χ0) is 38.2. The van der Waals surface area contributed by atoms with Crippen LogP contribution in [0.1, 0.15) is 0 Å². The van der Waals surface area contributed by atoms with E-state index in [9.17, 15) is 76.6 Å². The number of aliphatic hydroxyl groups is 15. The van der Waals surface area contributed by atoms with Crippen molar-refractivity contribution in [2.75, 3.05) is 33.0 Å². The van der Waals surface area contributed by atoms with E-state index >= 15 is 0 Å². The highest BCUT2D eigenvalue weighted by Gasteiger charge is 2.54. The molecule has 0 saturated carbocycles. The van der Waals surface area contributed by atoms with Gasteiger partial charge in [0.25, 0.3) is 0 Å². The lowest BCUT2D eigenvalue weighted by atomic mass is 9.96. The quantitative estimate of drug-likeness (QED) is 0.0927. The van der Waals surface area contributed by atoms with Gasteiger partial charge in [0.05, 0.1) is 33.0 Å². The normalized spacial score (nSPS) is 53.5. The number of hydrogen-bond acceptors (Lipinski definition) is 24. The van der Waals surface area contributed by atoms with E-state index in [2.05, 4.69) is 0 Å². The predicted molar refractivity (Wildman–Crippen MR) is 155 cm³/mol. The van der Waals surface area contributed by atoms with E-state index in [-0.39, 0.29) is 0 Å². The summed E-state index contributed by atoms with van der Waals surface area (Å²) in [5, 5.41) is 154. The smallest absolute Gasteiger partial charge is 0.187 e. The van der Waals surface area contributed by atoms with Crippen molar-refractivity contribution in [3.63, 3.8) is 0 Å². The van der Waals surface area contributed by atoms with Crippen LogP contribution in [0.25, 0.3) is 0 Å². The summed E-state index contributed by atoms with van der Waals surface area (Å²) < 4.78 is 49.1. The lowest BCUT2D eigenvalue weighted by Crippen LogP contribution is -2.67. The number of hydrogen-bond donors (Lipinski definition) is 15. The van der Waals surface area contributed by atoms with Crippen LogP contribution in [0, 0.1) is 0 Å². The van der Waals surface area contributed by atoms with Gasteiger partial charge in [-0.25, -0.2) is 0 Å². The Morgan fingerprint density at radius 3 is 1.35 bits per heavy atom. The first kappa shape index (κ1) is 42.2. The van der Waals surface area contributed by atoms with Crippen molar-refractivity contribution in [2.24, 2.45) is 0 Å². The maximum absolute atomic E-state index is 11.3. The highest BCUT2D eigenvalue weighted by Crippen LogP contribution is 2.33. The van der Waals surface area contributed by atoms with Crippen LogP contribution in [0.5, 0.6) is 0 Å². The van der Waals surface area contributed by atoms with Crippen LogP contribution in [0.3, 0.4) is 0 Å². The second kappa shape index (κ2) is 17.9. The number of rotatable bonds is 11. The maximum Gasteiger partial charge on any atom is 0.187 e. The lowest BCUT2D eigenvalue weighted by Gasteiger charge is -2.48. The molecule has 24 nitrogen and oxygen atoms in total. The summed E-state index contributed by atoms with van der Waals surface area (Å²) in [6.07, 6.45) is -40.6. The van der Waals surface area contributed by atoms with Crippen LogP contribution in [0.4, 0.5) is 0 Å². The summed E-state index contributed by atoms with van der Waals surface area (Å²) in [4.78, 5) is 0. The van der Waals surface area contributed by atoms with Crippen molar-refractivity contribution < 1.29 is 119 Å². The molecule has 5 saturated heterocycles. The van der Waals surface area contributed by atoms with Crippen LogP contribution in [0.2, 0.25) is 0 Å². The van der Waals surface area contributed by atoms with E-state index in [0.29, 0.717) is 0 Å². The summed E-state index contributed by atoms with van der Waals surface area (Å²) in [5.74, 6) is 0. The molecule has 24 heteroatoms. The van der Waals surface area contributed by atoms with E-state index in [0.717, 1.165) is 0 Å². The van der Waals surface area contributed by atoms with Crippen LogP contribution in [-0.4, -0.2) is 251 Å². The highest BCUT2D eigenvalue weighted by molar-refractivity contribution is 4.97. The zero-order valence-corrected chi connectivity index (χ0v) is 27.2. The largest absolute Gasteiger partial charge is 0.394 e. The zero-order valence-electron chi connectivity index (χ0n) is 27.2. The molecule has 5 aliphatic heterocycles. The molecule has 5 rings (SSSR count). The molecule has 5 aliphatic rings. The minimum Gasteiger partial charge on any atom is -0.394 e. The monoisotopic (exact) mass is 768 g/mol. The van der Waals surface area contributed by atoms with Gasteiger partial charge < -0.3 is 119 Å². The summed E-state index contributed by atoms with van der Waals surface area (Å²) >= 11 is 0. The minimum atomic E-state index is -2.09. The fourth-order valence-corrected chi connectivity index (χ4v) is 6.26. The van der Waals surface area contributed by atoms with E-state index in [4.69, 9.17) is 42.6 Å². The van der Waals surface area contributed by atoms with Crippen molar-refractivity contribution in [1.82, 2.24) is 0 Å². The molecule has 0 aromatic heterocycles. The van der Waals surface area contributed by atoms with Gasteiger partial charge in [-0.1, -0.05) is 0 Å². The topological polar surface area (TPSA) is 387 Å². The maximum atomic E-state index is 11.3. The number of aliphatic hydroxyl groups excluding tert-OH is 15. The SMILES string of the molecule is OCC1OC(O)C(O)C(O)C1OC1OC(COC2OCC(O)C(O)C2O)C(OC2OC(COC3OCC(O)C(O)C3O)C(O)C(O)C2O)C(O)C1O. The third kappa shape index (κ3) is 8.86. The van der Waals surface area contributed by atoms with Crippen LogP contribution in [-0.2, 0) is 42.6 Å². The molecule has 0 aromatic carbocycles. The molecule has 23 unspecified atom stereocenters. The third-order valence-electron chi connectivity index (χ3n) is 9.49. The Morgan fingerprint density at radius 1 is 0.404 bits per heavy atom. The predicted octanol–water partition coefficient (Wildman–Crippen LogP) is -10.6. The summed E-state index contributed by atoms with van der Waals surface area (Å²) in [6.45, 7) is -3.14. The Labute approximate surface area is 293 Å². The second-order valence-corrected chi connectivity index (χ2v) is 13.1. The fourth-order valence-electron chi connectivity index (χ4n) is 6.26. The first-order valence-electron chi connectivity index (χ1n) is 16.4. The molecule has 0 spiro atoms. The Hall–Kier alpha value is -0.960. The van der Waals surface area contributed by atoms with Gasteiger partial charge in [-0.3, -0.25) is 0 Å². The fraction of sp³-hybridized carbons (Fsp3) is 1.00. The second-order valence-electron chi connectivity index (χ2n) is 13.1. The van der Waals surface area contributed by atoms with Gasteiger partial charge in [0, 0.05) is 0 Å². The molecule has 5 heterocycles. The average Bonchev–Trinajstić information content (AvgIpc) is 3.12. The van der Waals surface area contributed by atoms with Crippen molar-refractivity contribution in [3.8, 4) is 0 Å². The van der Waals surface area contributed by atoms with Gasteiger partial charge >= 0.3 is 0 Å². The van der Waals surface area contributed by atoms with E-state index in [1.54, 1.807) is 0 Å². The molecule has 0 aliphatic carbocycles. The van der Waals surface area contributed by atoms with Crippen LogP contribution < -0.4 is 0 Å². The molecule has 0 bridgehead atoms. The Bertz CT molecular complexity index is 1110.